The van der Waals surface area contributed by atoms with E-state index in [9.17, 15) is 13.2 Å². The van der Waals surface area contributed by atoms with Gasteiger partial charge in [0, 0.05) is 18.5 Å². The average molecular weight is 469 g/mol. The topological polar surface area (TPSA) is 114 Å². The molecule has 2 aromatic carbocycles. The third-order valence-electron chi connectivity index (χ3n) is 4.46. The number of carbonyl (C=O) groups is 1. The summed E-state index contributed by atoms with van der Waals surface area (Å²) in [5, 5.41) is 8.68. The molecule has 0 saturated carbocycles. The van der Waals surface area contributed by atoms with Gasteiger partial charge < -0.3 is 9.84 Å². The normalized spacial score (nSPS) is 11.2. The molecular formula is C22H20N4O4S2. The molecule has 0 atom stereocenters. The van der Waals surface area contributed by atoms with Crippen molar-refractivity contribution in [3.05, 3.63) is 78.0 Å². The van der Waals surface area contributed by atoms with Gasteiger partial charge in [-0.2, -0.15) is 4.98 Å². The highest BCUT2D eigenvalue weighted by atomic mass is 32.2. The summed E-state index contributed by atoms with van der Waals surface area (Å²) in [6.45, 7) is 0. The van der Waals surface area contributed by atoms with E-state index >= 15 is 0 Å². The molecule has 4 aromatic rings. The van der Waals surface area contributed by atoms with E-state index in [0.29, 0.717) is 35.9 Å². The van der Waals surface area contributed by atoms with Gasteiger partial charge in [0.2, 0.25) is 17.6 Å². The summed E-state index contributed by atoms with van der Waals surface area (Å²) in [5.41, 5.74) is 0.861. The predicted molar refractivity (Wildman–Crippen MR) is 123 cm³/mol. The molecule has 32 heavy (non-hydrogen) atoms. The fourth-order valence-electron chi connectivity index (χ4n) is 2.96. The SMILES string of the molecule is O=C(CCCc1nc(-c2cccs2)no1)Nc1cccc(NS(=O)(=O)c2ccccc2)c1. The lowest BCUT2D eigenvalue weighted by molar-refractivity contribution is -0.116. The molecule has 0 bridgehead atoms. The molecule has 0 radical (unpaired) electrons. The second-order valence-corrected chi connectivity index (χ2v) is 9.52. The van der Waals surface area contributed by atoms with Gasteiger partial charge in [-0.05, 0) is 48.2 Å². The van der Waals surface area contributed by atoms with Crippen LogP contribution in [0.15, 0.2) is 81.5 Å². The zero-order valence-corrected chi connectivity index (χ0v) is 18.5. The smallest absolute Gasteiger partial charge is 0.261 e. The molecule has 0 saturated heterocycles. The maximum Gasteiger partial charge on any atom is 0.261 e. The number of nitrogens with zero attached hydrogens (tertiary/aromatic N) is 2. The van der Waals surface area contributed by atoms with Crippen LogP contribution < -0.4 is 10.0 Å². The Hall–Kier alpha value is -3.50. The van der Waals surface area contributed by atoms with Gasteiger partial charge in [0.05, 0.1) is 15.5 Å². The van der Waals surface area contributed by atoms with Crippen molar-refractivity contribution >= 4 is 38.6 Å². The Labute approximate surface area is 189 Å². The molecule has 0 fully saturated rings. The summed E-state index contributed by atoms with van der Waals surface area (Å²) in [6, 6.07) is 18.5. The second kappa shape index (κ2) is 9.75. The van der Waals surface area contributed by atoms with Crippen LogP contribution in [0.4, 0.5) is 11.4 Å². The van der Waals surface area contributed by atoms with Gasteiger partial charge in [0.1, 0.15) is 0 Å². The molecule has 2 aromatic heterocycles. The van der Waals surface area contributed by atoms with Gasteiger partial charge in [-0.15, -0.1) is 11.3 Å². The van der Waals surface area contributed by atoms with Crippen LogP contribution in [0.2, 0.25) is 0 Å². The number of aryl methyl sites for hydroxylation is 1. The highest BCUT2D eigenvalue weighted by molar-refractivity contribution is 7.92. The van der Waals surface area contributed by atoms with Crippen molar-refractivity contribution in [2.75, 3.05) is 10.0 Å². The number of hydrogen-bond acceptors (Lipinski definition) is 7. The molecule has 0 aliphatic heterocycles. The lowest BCUT2D eigenvalue weighted by atomic mass is 10.2. The van der Waals surface area contributed by atoms with Gasteiger partial charge in [-0.25, -0.2) is 8.42 Å². The number of nitrogens with one attached hydrogen (secondary N) is 2. The Morgan fingerprint density at radius 3 is 2.59 bits per heavy atom. The van der Waals surface area contributed by atoms with Crippen LogP contribution in [0.3, 0.4) is 0 Å². The predicted octanol–water partition coefficient (Wildman–Crippen LogP) is 4.56. The Balaban J connectivity index is 1.29. The van der Waals surface area contributed by atoms with E-state index in [0.717, 1.165) is 4.88 Å². The third kappa shape index (κ3) is 5.59. The third-order valence-corrected chi connectivity index (χ3v) is 6.72. The fraction of sp³-hybridized carbons (Fsp3) is 0.136. The molecule has 0 spiro atoms. The number of benzene rings is 2. The molecule has 0 unspecified atom stereocenters. The van der Waals surface area contributed by atoms with Crippen LogP contribution in [-0.2, 0) is 21.2 Å². The number of hydrogen-bond donors (Lipinski definition) is 2. The molecule has 8 nitrogen and oxygen atoms in total. The van der Waals surface area contributed by atoms with Crippen LogP contribution in [0, 0.1) is 0 Å². The highest BCUT2D eigenvalue weighted by Crippen LogP contribution is 2.22. The van der Waals surface area contributed by atoms with Gasteiger partial charge in [-0.1, -0.05) is 35.5 Å². The van der Waals surface area contributed by atoms with Crippen molar-refractivity contribution in [1.82, 2.24) is 10.1 Å². The van der Waals surface area contributed by atoms with Crippen molar-refractivity contribution < 1.29 is 17.7 Å². The number of thiophene rings is 1. The quantitative estimate of drug-likeness (QED) is 0.372. The second-order valence-electron chi connectivity index (χ2n) is 6.89. The lowest BCUT2D eigenvalue weighted by Gasteiger charge is -2.10. The Kier molecular flexibility index (Phi) is 6.62. The number of anilines is 2. The highest BCUT2D eigenvalue weighted by Gasteiger charge is 2.14. The van der Waals surface area contributed by atoms with Gasteiger partial charge in [-0.3, -0.25) is 9.52 Å². The molecule has 164 valence electrons. The van der Waals surface area contributed by atoms with Crippen LogP contribution in [0.5, 0.6) is 0 Å². The van der Waals surface area contributed by atoms with Crippen LogP contribution in [0.25, 0.3) is 10.7 Å². The molecule has 10 heteroatoms. The van der Waals surface area contributed by atoms with E-state index in [4.69, 9.17) is 4.52 Å². The summed E-state index contributed by atoms with van der Waals surface area (Å²) in [5.74, 6) is 0.846. The summed E-state index contributed by atoms with van der Waals surface area (Å²) >= 11 is 1.53. The number of sulfonamides is 1. The Morgan fingerprint density at radius 1 is 1.00 bits per heavy atom. The van der Waals surface area contributed by atoms with Gasteiger partial charge in [0.15, 0.2) is 0 Å². The zero-order chi connectivity index (χ0) is 22.4. The van der Waals surface area contributed by atoms with E-state index in [2.05, 4.69) is 20.2 Å². The minimum absolute atomic E-state index is 0.165. The first-order chi connectivity index (χ1) is 15.5. The van der Waals surface area contributed by atoms with Crippen LogP contribution in [-0.4, -0.2) is 24.5 Å². The molecular weight excluding hydrogens is 448 g/mol. The Morgan fingerprint density at radius 2 is 1.81 bits per heavy atom. The lowest BCUT2D eigenvalue weighted by Crippen LogP contribution is -2.14. The number of aromatic nitrogens is 2. The summed E-state index contributed by atoms with van der Waals surface area (Å²) in [4.78, 5) is 17.7. The first-order valence-corrected chi connectivity index (χ1v) is 12.2. The summed E-state index contributed by atoms with van der Waals surface area (Å²) in [7, 11) is -3.70. The van der Waals surface area contributed by atoms with Crippen molar-refractivity contribution in [2.45, 2.75) is 24.2 Å². The molecule has 2 heterocycles. The van der Waals surface area contributed by atoms with Crippen molar-refractivity contribution in [3.63, 3.8) is 0 Å². The fourth-order valence-corrected chi connectivity index (χ4v) is 4.68. The van der Waals surface area contributed by atoms with Crippen LogP contribution >= 0.6 is 11.3 Å². The number of amides is 1. The monoisotopic (exact) mass is 468 g/mol. The molecule has 2 N–H and O–H groups in total. The summed E-state index contributed by atoms with van der Waals surface area (Å²) < 4.78 is 32.7. The molecule has 4 rings (SSSR count). The van der Waals surface area contributed by atoms with Gasteiger partial charge >= 0.3 is 0 Å². The molecule has 0 aliphatic rings. The number of carbonyl (C=O) groups excluding carboxylic acids is 1. The standard InChI is InChI=1S/C22H20N4O4S2/c27-20(12-5-13-21-24-22(25-30-21)19-11-6-14-31-19)23-16-7-4-8-17(15-16)26-32(28,29)18-9-2-1-3-10-18/h1-4,6-11,14-15,26H,5,12-13H2,(H,23,27). The van der Waals surface area contributed by atoms with E-state index in [1.807, 2.05) is 17.5 Å². The molecule has 0 aliphatic carbocycles. The largest absolute Gasteiger partial charge is 0.339 e. The van der Waals surface area contributed by atoms with E-state index in [-0.39, 0.29) is 17.2 Å². The van der Waals surface area contributed by atoms with Crippen molar-refractivity contribution in [2.24, 2.45) is 0 Å². The van der Waals surface area contributed by atoms with Crippen molar-refractivity contribution in [3.8, 4) is 10.7 Å². The summed E-state index contributed by atoms with van der Waals surface area (Å²) in [6.07, 6.45) is 1.29. The molecule has 1 amide bonds. The number of rotatable bonds is 9. The van der Waals surface area contributed by atoms with Crippen LogP contribution in [0.1, 0.15) is 18.7 Å². The minimum atomic E-state index is -3.70. The van der Waals surface area contributed by atoms with Gasteiger partial charge in [0.25, 0.3) is 10.0 Å². The maximum absolute atomic E-state index is 12.5. The first kappa shape index (κ1) is 21.7. The average Bonchev–Trinajstić information content (AvgIpc) is 3.46. The van der Waals surface area contributed by atoms with E-state index < -0.39 is 10.0 Å². The van der Waals surface area contributed by atoms with E-state index in [1.165, 1.54) is 23.5 Å². The Bertz CT molecular complexity index is 1290. The van der Waals surface area contributed by atoms with E-state index in [1.54, 1.807) is 42.5 Å². The van der Waals surface area contributed by atoms with Crippen molar-refractivity contribution in [1.29, 1.82) is 0 Å². The minimum Gasteiger partial charge on any atom is -0.339 e. The zero-order valence-electron chi connectivity index (χ0n) is 16.9. The first-order valence-electron chi connectivity index (χ1n) is 9.84. The maximum atomic E-state index is 12.5.